The first kappa shape index (κ1) is 23.0. The molecule has 0 aliphatic rings. The summed E-state index contributed by atoms with van der Waals surface area (Å²) in [5.41, 5.74) is 1.30. The van der Waals surface area contributed by atoms with Gasteiger partial charge in [0.2, 0.25) is 0 Å². The summed E-state index contributed by atoms with van der Waals surface area (Å²) in [5, 5.41) is 5.24. The fourth-order valence-electron chi connectivity index (χ4n) is 2.26. The van der Waals surface area contributed by atoms with Gasteiger partial charge in [0.05, 0.1) is 20.6 Å². The smallest absolute Gasteiger partial charge is 0.330 e. The summed E-state index contributed by atoms with van der Waals surface area (Å²) in [6.07, 6.45) is 2.79. The number of carbonyl (C=O) groups excluding carboxylic acids is 3. The number of esters is 2. The van der Waals surface area contributed by atoms with Gasteiger partial charge in [-0.25, -0.2) is 9.59 Å². The molecule has 2 rings (SSSR count). The number of hydrogen-bond donors (Lipinski definition) is 2. The zero-order valence-electron chi connectivity index (χ0n) is 16.4. The van der Waals surface area contributed by atoms with Crippen molar-refractivity contribution < 1.29 is 28.6 Å². The van der Waals surface area contributed by atoms with Crippen molar-refractivity contribution in [1.82, 2.24) is 5.32 Å². The van der Waals surface area contributed by atoms with Gasteiger partial charge in [0.25, 0.3) is 0 Å². The first-order chi connectivity index (χ1) is 14.4. The third kappa shape index (κ3) is 7.59. The Bertz CT molecular complexity index is 928. The Labute approximate surface area is 182 Å². The molecule has 0 saturated carbocycles. The topological polar surface area (TPSA) is 103 Å². The first-order valence-electron chi connectivity index (χ1n) is 8.86. The summed E-state index contributed by atoms with van der Waals surface area (Å²) in [6, 6.07) is 11.5. The Kier molecular flexibility index (Phi) is 8.89. The lowest BCUT2D eigenvalue weighted by Gasteiger charge is -2.11. The molecule has 0 aliphatic heterocycles. The van der Waals surface area contributed by atoms with Crippen LogP contribution in [-0.2, 0) is 14.3 Å². The minimum atomic E-state index is -0.532. The number of hydrogen-bond acceptors (Lipinski definition) is 6. The van der Waals surface area contributed by atoms with Crippen molar-refractivity contribution in [1.29, 1.82) is 0 Å². The Balaban J connectivity index is 1.83. The molecule has 0 aromatic heterocycles. The highest BCUT2D eigenvalue weighted by molar-refractivity contribution is 9.10. The van der Waals surface area contributed by atoms with E-state index in [4.69, 9.17) is 9.47 Å². The van der Waals surface area contributed by atoms with Gasteiger partial charge in [-0.05, 0) is 48.0 Å². The number of carbonyl (C=O) groups is 3. The Morgan fingerprint density at radius 2 is 1.77 bits per heavy atom. The number of amides is 2. The summed E-state index contributed by atoms with van der Waals surface area (Å²) in [7, 11) is 2.73. The van der Waals surface area contributed by atoms with Crippen molar-refractivity contribution in [3.8, 4) is 11.5 Å². The van der Waals surface area contributed by atoms with Gasteiger partial charge in [-0.1, -0.05) is 22.0 Å². The molecule has 0 spiro atoms. The first-order valence-corrected chi connectivity index (χ1v) is 9.65. The summed E-state index contributed by atoms with van der Waals surface area (Å²) in [6.45, 7) is 0.101. The van der Waals surface area contributed by atoms with E-state index in [1.54, 1.807) is 48.5 Å². The van der Waals surface area contributed by atoms with E-state index < -0.39 is 18.0 Å². The Morgan fingerprint density at radius 1 is 1.03 bits per heavy atom. The maximum atomic E-state index is 12.1. The molecule has 2 aromatic rings. The molecule has 8 nitrogen and oxygen atoms in total. The van der Waals surface area contributed by atoms with Gasteiger partial charge in [-0.15, -0.1) is 0 Å². The van der Waals surface area contributed by atoms with Crippen LogP contribution in [0.5, 0.6) is 11.5 Å². The van der Waals surface area contributed by atoms with Gasteiger partial charge in [0, 0.05) is 22.8 Å². The maximum Gasteiger partial charge on any atom is 0.330 e. The highest BCUT2D eigenvalue weighted by atomic mass is 79.9. The van der Waals surface area contributed by atoms with Crippen molar-refractivity contribution in [3.05, 3.63) is 58.6 Å². The van der Waals surface area contributed by atoms with Crippen molar-refractivity contribution >= 4 is 45.7 Å². The number of benzene rings is 2. The molecule has 0 radical (unpaired) electrons. The van der Waals surface area contributed by atoms with Crippen LogP contribution in [0.15, 0.2) is 53.0 Å². The molecule has 158 valence electrons. The largest absolute Gasteiger partial charge is 0.493 e. The molecular formula is C21H21BrN2O6. The number of methoxy groups -OCH3 is 2. The monoisotopic (exact) mass is 476 g/mol. The van der Waals surface area contributed by atoms with Crippen LogP contribution in [0.3, 0.4) is 0 Å². The molecule has 9 heteroatoms. The molecule has 0 atom stereocenters. The molecule has 2 aromatic carbocycles. The number of halogens is 1. The van der Waals surface area contributed by atoms with Crippen LogP contribution in [0.2, 0.25) is 0 Å². The second-order valence-corrected chi connectivity index (χ2v) is 6.79. The molecule has 0 saturated heterocycles. The molecule has 0 unspecified atom stereocenters. The SMILES string of the molecule is COC(=O)/C=C/c1ccc(OC(=O)CCNC(=O)Nc2ccc(Br)cc2)c(OC)c1. The normalized spacial score (nSPS) is 10.4. The fraction of sp³-hybridized carbons (Fsp3) is 0.190. The average molecular weight is 477 g/mol. The molecule has 0 aliphatic carbocycles. The van der Waals surface area contributed by atoms with E-state index in [1.165, 1.54) is 20.3 Å². The molecule has 0 fully saturated rings. The van der Waals surface area contributed by atoms with Crippen molar-refractivity contribution in [2.45, 2.75) is 6.42 Å². The number of ether oxygens (including phenoxy) is 3. The molecule has 2 N–H and O–H groups in total. The van der Waals surface area contributed by atoms with Crippen LogP contribution in [-0.4, -0.2) is 38.7 Å². The van der Waals surface area contributed by atoms with Crippen LogP contribution in [0.1, 0.15) is 12.0 Å². The standard InChI is InChI=1S/C21H21BrN2O6/c1-28-18-13-14(4-10-19(25)29-2)3-9-17(18)30-20(26)11-12-23-21(27)24-16-7-5-15(22)6-8-16/h3-10,13H,11-12H2,1-2H3,(H2,23,24,27)/b10-4+. The van der Waals surface area contributed by atoms with E-state index in [0.717, 1.165) is 4.47 Å². The summed E-state index contributed by atoms with van der Waals surface area (Å²) < 4.78 is 16.0. The zero-order chi connectivity index (χ0) is 21.9. The quantitative estimate of drug-likeness (QED) is 0.341. The van der Waals surface area contributed by atoms with E-state index in [2.05, 4.69) is 31.3 Å². The van der Waals surface area contributed by atoms with Crippen molar-refractivity contribution in [2.24, 2.45) is 0 Å². The fourth-order valence-corrected chi connectivity index (χ4v) is 2.53. The lowest BCUT2D eigenvalue weighted by Crippen LogP contribution is -2.31. The number of urea groups is 1. The molecule has 2 amide bonds. The average Bonchev–Trinajstić information content (AvgIpc) is 2.74. The van der Waals surface area contributed by atoms with E-state index in [-0.39, 0.29) is 18.7 Å². The van der Waals surface area contributed by atoms with Crippen LogP contribution in [0.25, 0.3) is 6.08 Å². The Morgan fingerprint density at radius 3 is 2.43 bits per heavy atom. The van der Waals surface area contributed by atoms with Gasteiger partial charge in [0.15, 0.2) is 11.5 Å². The number of anilines is 1. The third-order valence-electron chi connectivity index (χ3n) is 3.74. The van der Waals surface area contributed by atoms with Crippen LogP contribution in [0, 0.1) is 0 Å². The van der Waals surface area contributed by atoms with E-state index in [9.17, 15) is 14.4 Å². The van der Waals surface area contributed by atoms with E-state index in [0.29, 0.717) is 17.0 Å². The van der Waals surface area contributed by atoms with Crippen LogP contribution >= 0.6 is 15.9 Å². The zero-order valence-corrected chi connectivity index (χ0v) is 18.0. The molecule has 0 heterocycles. The van der Waals surface area contributed by atoms with Gasteiger partial charge in [-0.3, -0.25) is 4.79 Å². The van der Waals surface area contributed by atoms with Gasteiger partial charge < -0.3 is 24.8 Å². The summed E-state index contributed by atoms with van der Waals surface area (Å²) in [4.78, 5) is 35.1. The minimum Gasteiger partial charge on any atom is -0.493 e. The van der Waals surface area contributed by atoms with Gasteiger partial charge in [0.1, 0.15) is 0 Å². The third-order valence-corrected chi connectivity index (χ3v) is 4.27. The van der Waals surface area contributed by atoms with Crippen LogP contribution in [0.4, 0.5) is 10.5 Å². The summed E-state index contributed by atoms with van der Waals surface area (Å²) >= 11 is 3.32. The van der Waals surface area contributed by atoms with E-state index >= 15 is 0 Å². The second kappa shape index (κ2) is 11.6. The predicted molar refractivity (Wildman–Crippen MR) is 115 cm³/mol. The molecule has 30 heavy (non-hydrogen) atoms. The minimum absolute atomic E-state index is 0.0269. The highest BCUT2D eigenvalue weighted by Gasteiger charge is 2.11. The van der Waals surface area contributed by atoms with Crippen LogP contribution < -0.4 is 20.1 Å². The van der Waals surface area contributed by atoms with Crippen molar-refractivity contribution in [3.63, 3.8) is 0 Å². The summed E-state index contributed by atoms with van der Waals surface area (Å²) in [5.74, 6) is -0.454. The number of rotatable bonds is 8. The van der Waals surface area contributed by atoms with E-state index in [1.807, 2.05) is 0 Å². The molecular weight excluding hydrogens is 456 g/mol. The Hall–Kier alpha value is -3.33. The highest BCUT2D eigenvalue weighted by Crippen LogP contribution is 2.29. The van der Waals surface area contributed by atoms with Gasteiger partial charge >= 0.3 is 18.0 Å². The number of nitrogens with one attached hydrogen (secondary N) is 2. The van der Waals surface area contributed by atoms with Gasteiger partial charge in [-0.2, -0.15) is 0 Å². The lowest BCUT2D eigenvalue weighted by molar-refractivity contribution is -0.135. The molecule has 0 bridgehead atoms. The predicted octanol–water partition coefficient (Wildman–Crippen LogP) is 3.76. The van der Waals surface area contributed by atoms with Crippen molar-refractivity contribution in [2.75, 3.05) is 26.1 Å². The lowest BCUT2D eigenvalue weighted by atomic mass is 10.2. The second-order valence-electron chi connectivity index (χ2n) is 5.88. The maximum absolute atomic E-state index is 12.1.